The predicted octanol–water partition coefficient (Wildman–Crippen LogP) is 13.5. The second-order valence-corrected chi connectivity index (χ2v) is 14.3. The Morgan fingerprint density at radius 1 is 0.333 bits per heavy atom. The van der Waals surface area contributed by atoms with Crippen LogP contribution in [0.4, 0.5) is 0 Å². The second-order valence-electron chi connectivity index (χ2n) is 14.3. The predicted molar refractivity (Wildman–Crippen MR) is 216 cm³/mol. The SMILES string of the molecule is CC1(C)c2ccccc2-c2ccc(-c3ccc4c5ccccc5c5cccc(-c6cc(-c7ccccc7)cc(-c7ccccc7)n6)c5c4c3)cc21. The maximum absolute atomic E-state index is 5.39. The molecule has 0 unspecified atom stereocenters. The van der Waals surface area contributed by atoms with Gasteiger partial charge in [-0.2, -0.15) is 0 Å². The molecule has 0 N–H and O–H groups in total. The molecule has 0 fully saturated rings. The Morgan fingerprint density at radius 2 is 0.902 bits per heavy atom. The van der Waals surface area contributed by atoms with E-state index in [9.17, 15) is 0 Å². The van der Waals surface area contributed by atoms with Gasteiger partial charge in [0.1, 0.15) is 0 Å². The molecule has 9 aromatic rings. The molecule has 1 aliphatic carbocycles. The Morgan fingerprint density at radius 3 is 1.71 bits per heavy atom. The van der Waals surface area contributed by atoms with Gasteiger partial charge < -0.3 is 0 Å². The highest BCUT2D eigenvalue weighted by molar-refractivity contribution is 6.28. The Labute approximate surface area is 298 Å². The summed E-state index contributed by atoms with van der Waals surface area (Å²) in [6.07, 6.45) is 0. The zero-order chi connectivity index (χ0) is 34.1. The van der Waals surface area contributed by atoms with Gasteiger partial charge in [-0.05, 0) is 101 Å². The number of hydrogen-bond acceptors (Lipinski definition) is 1. The molecule has 10 rings (SSSR count). The molecule has 0 radical (unpaired) electrons. The third kappa shape index (κ3) is 4.66. The Bertz CT molecular complexity index is 2750. The van der Waals surface area contributed by atoms with Crippen LogP contribution in [0.25, 0.3) is 88.2 Å². The molecule has 240 valence electrons. The molecule has 1 heterocycles. The van der Waals surface area contributed by atoms with Crippen LogP contribution < -0.4 is 0 Å². The molecule has 0 saturated carbocycles. The van der Waals surface area contributed by atoms with Crippen LogP contribution in [0, 0.1) is 0 Å². The van der Waals surface area contributed by atoms with Crippen molar-refractivity contribution >= 4 is 32.3 Å². The van der Waals surface area contributed by atoms with Gasteiger partial charge in [-0.25, -0.2) is 4.98 Å². The number of fused-ring (bicyclic) bond motifs is 9. The van der Waals surface area contributed by atoms with Crippen molar-refractivity contribution in [3.05, 3.63) is 187 Å². The molecule has 0 amide bonds. The Balaban J connectivity index is 1.24. The number of aromatic nitrogens is 1. The van der Waals surface area contributed by atoms with Crippen molar-refractivity contribution in [2.75, 3.05) is 0 Å². The van der Waals surface area contributed by atoms with Gasteiger partial charge >= 0.3 is 0 Å². The highest BCUT2D eigenvalue weighted by Gasteiger charge is 2.35. The van der Waals surface area contributed by atoms with Gasteiger partial charge in [0.05, 0.1) is 11.4 Å². The van der Waals surface area contributed by atoms with Crippen LogP contribution in [0.5, 0.6) is 0 Å². The zero-order valence-electron chi connectivity index (χ0n) is 28.7. The molecule has 0 spiro atoms. The summed E-state index contributed by atoms with van der Waals surface area (Å²) >= 11 is 0. The maximum Gasteiger partial charge on any atom is 0.0722 e. The van der Waals surface area contributed by atoms with E-state index in [1.165, 1.54) is 71.3 Å². The Kier molecular flexibility index (Phi) is 6.60. The molecule has 8 aromatic carbocycles. The zero-order valence-corrected chi connectivity index (χ0v) is 28.7. The number of pyridine rings is 1. The molecular weight excluding hydrogens is 615 g/mol. The van der Waals surface area contributed by atoms with Crippen LogP contribution in [0.3, 0.4) is 0 Å². The minimum Gasteiger partial charge on any atom is -0.248 e. The molecule has 51 heavy (non-hydrogen) atoms. The first kappa shape index (κ1) is 29.6. The van der Waals surface area contributed by atoms with Crippen LogP contribution >= 0.6 is 0 Å². The lowest BCUT2D eigenvalue weighted by atomic mass is 9.81. The third-order valence-corrected chi connectivity index (χ3v) is 11.1. The summed E-state index contributed by atoms with van der Waals surface area (Å²) in [5.41, 5.74) is 14.4. The van der Waals surface area contributed by atoms with Crippen LogP contribution in [-0.2, 0) is 5.41 Å². The fraction of sp³-hybridized carbons (Fsp3) is 0.0600. The summed E-state index contributed by atoms with van der Waals surface area (Å²) in [6.45, 7) is 4.71. The van der Waals surface area contributed by atoms with Gasteiger partial charge in [-0.1, -0.05) is 166 Å². The van der Waals surface area contributed by atoms with E-state index < -0.39 is 0 Å². The van der Waals surface area contributed by atoms with E-state index in [1.54, 1.807) is 0 Å². The van der Waals surface area contributed by atoms with Gasteiger partial charge in [0.25, 0.3) is 0 Å². The van der Waals surface area contributed by atoms with E-state index in [0.29, 0.717) is 0 Å². The van der Waals surface area contributed by atoms with E-state index in [2.05, 4.69) is 190 Å². The number of hydrogen-bond donors (Lipinski definition) is 0. The highest BCUT2D eigenvalue weighted by atomic mass is 14.7. The molecule has 1 aromatic heterocycles. The van der Waals surface area contributed by atoms with E-state index in [4.69, 9.17) is 4.98 Å². The fourth-order valence-corrected chi connectivity index (χ4v) is 8.51. The first-order valence-electron chi connectivity index (χ1n) is 17.8. The topological polar surface area (TPSA) is 12.9 Å². The van der Waals surface area contributed by atoms with Crippen LogP contribution in [0.15, 0.2) is 176 Å². The monoisotopic (exact) mass is 649 g/mol. The summed E-state index contributed by atoms with van der Waals surface area (Å²) in [5, 5.41) is 7.50. The molecule has 0 aliphatic heterocycles. The lowest BCUT2D eigenvalue weighted by molar-refractivity contribution is 0.660. The first-order chi connectivity index (χ1) is 25.0. The average molecular weight is 650 g/mol. The van der Waals surface area contributed by atoms with Crippen molar-refractivity contribution in [1.29, 1.82) is 0 Å². The summed E-state index contributed by atoms with van der Waals surface area (Å²) < 4.78 is 0. The molecular formula is C50H35N. The quantitative estimate of drug-likeness (QED) is 0.173. The smallest absolute Gasteiger partial charge is 0.0722 e. The largest absolute Gasteiger partial charge is 0.248 e. The lowest BCUT2D eigenvalue weighted by Gasteiger charge is -2.22. The molecule has 1 aliphatic rings. The van der Waals surface area contributed by atoms with E-state index in [1.807, 2.05) is 0 Å². The van der Waals surface area contributed by atoms with E-state index in [-0.39, 0.29) is 5.41 Å². The second kappa shape index (κ2) is 11.4. The summed E-state index contributed by atoms with van der Waals surface area (Å²) in [5.74, 6) is 0. The van der Waals surface area contributed by atoms with Crippen molar-refractivity contribution < 1.29 is 0 Å². The van der Waals surface area contributed by atoms with Crippen molar-refractivity contribution in [3.63, 3.8) is 0 Å². The van der Waals surface area contributed by atoms with E-state index >= 15 is 0 Å². The van der Waals surface area contributed by atoms with Gasteiger partial charge in [-0.3, -0.25) is 0 Å². The minimum atomic E-state index is -0.0548. The van der Waals surface area contributed by atoms with Crippen molar-refractivity contribution in [1.82, 2.24) is 4.98 Å². The van der Waals surface area contributed by atoms with Gasteiger partial charge in [0, 0.05) is 16.5 Å². The molecule has 1 nitrogen and oxygen atoms in total. The van der Waals surface area contributed by atoms with Gasteiger partial charge in [-0.15, -0.1) is 0 Å². The normalized spacial score (nSPS) is 13.1. The number of rotatable bonds is 4. The van der Waals surface area contributed by atoms with Gasteiger partial charge in [0.15, 0.2) is 0 Å². The summed E-state index contributed by atoms with van der Waals surface area (Å²) in [6, 6.07) is 64.2. The Hall–Kier alpha value is -6.31. The molecule has 0 saturated heterocycles. The molecule has 1 heteroatoms. The highest BCUT2D eigenvalue weighted by Crippen LogP contribution is 2.50. The third-order valence-electron chi connectivity index (χ3n) is 11.1. The van der Waals surface area contributed by atoms with Crippen LogP contribution in [0.1, 0.15) is 25.0 Å². The van der Waals surface area contributed by atoms with Crippen molar-refractivity contribution in [3.8, 4) is 55.9 Å². The maximum atomic E-state index is 5.39. The number of benzene rings is 8. The minimum absolute atomic E-state index is 0.0548. The standard InChI is InChI=1S/C50H35N/c1-50(2)45-23-12-11-20-40(45)41-27-25-35(29-46(41)50)34-24-26-39-37-18-9-10-19-38(37)42-21-13-22-43(49(42)44(39)28-34)48-31-36(32-14-5-3-6-15-32)30-47(51-48)33-16-7-4-8-17-33/h3-31H,1-2H3. The molecule has 0 atom stereocenters. The lowest BCUT2D eigenvalue weighted by Crippen LogP contribution is -2.14. The van der Waals surface area contributed by atoms with Crippen LogP contribution in [-0.4, -0.2) is 4.98 Å². The van der Waals surface area contributed by atoms with Gasteiger partial charge in [0.2, 0.25) is 0 Å². The number of nitrogens with zero attached hydrogens (tertiary/aromatic N) is 1. The van der Waals surface area contributed by atoms with E-state index in [0.717, 1.165) is 28.1 Å². The van der Waals surface area contributed by atoms with Crippen molar-refractivity contribution in [2.45, 2.75) is 19.3 Å². The fourth-order valence-electron chi connectivity index (χ4n) is 8.51. The first-order valence-corrected chi connectivity index (χ1v) is 17.8. The summed E-state index contributed by atoms with van der Waals surface area (Å²) in [7, 11) is 0. The molecule has 0 bridgehead atoms. The average Bonchev–Trinajstić information content (AvgIpc) is 3.43. The summed E-state index contributed by atoms with van der Waals surface area (Å²) in [4.78, 5) is 5.39. The van der Waals surface area contributed by atoms with Crippen LogP contribution in [0.2, 0.25) is 0 Å². The van der Waals surface area contributed by atoms with Crippen molar-refractivity contribution in [2.24, 2.45) is 0 Å².